The van der Waals surface area contributed by atoms with Crippen molar-refractivity contribution >= 4 is 35.9 Å². The van der Waals surface area contributed by atoms with E-state index in [0.29, 0.717) is 12.0 Å². The lowest BCUT2D eigenvalue weighted by Crippen LogP contribution is -2.81. The van der Waals surface area contributed by atoms with Gasteiger partial charge in [-0.05, 0) is 69.9 Å². The van der Waals surface area contributed by atoms with E-state index in [9.17, 15) is 39.3 Å². The summed E-state index contributed by atoms with van der Waals surface area (Å²) >= 11 is 0. The molecule has 11 atom stereocenters. The zero-order chi connectivity index (χ0) is 48.0. The summed E-state index contributed by atoms with van der Waals surface area (Å²) in [6.45, 7) is 13.9. The van der Waals surface area contributed by atoms with Crippen LogP contribution in [0.3, 0.4) is 0 Å². The Kier molecular flexibility index (Phi) is 13.7. The standard InChI is InChI=1S/C48H62N2O15/c1-11-22-50(10)43(58)62-36(34(28-18-14-12-15-19-28)49-42(57)65-44(4,5)6)41(56)61-30-24-48(59)39(63-40(55)29-20-16-13-17-21-29)37-46(9,38(54)35(53)33(26(30)2)45(48,7)8)31(52)23-32-47(37,25-60-32)64-27(3)51/h12-21,30-32,34-37,39,52-53,59H,11,22-25H2,1-10H3,(H,49,57)/t30-,31-,32+,34-,35+,36+,37-,39-,46?,47-,48+/m0/s1. The fourth-order valence-corrected chi connectivity index (χ4v) is 10.3. The van der Waals surface area contributed by atoms with E-state index >= 15 is 4.79 Å². The zero-order valence-corrected chi connectivity index (χ0v) is 38.6. The van der Waals surface area contributed by atoms with Crippen LogP contribution in [0.4, 0.5) is 9.59 Å². The lowest BCUT2D eigenvalue weighted by Gasteiger charge is -2.67. The molecule has 6 rings (SSSR count). The van der Waals surface area contributed by atoms with Crippen LogP contribution in [0.15, 0.2) is 71.8 Å². The molecule has 2 amide bonds. The second-order valence-electron chi connectivity index (χ2n) is 19.4. The summed E-state index contributed by atoms with van der Waals surface area (Å²) in [7, 11) is 1.47. The van der Waals surface area contributed by atoms with Crippen molar-refractivity contribution in [2.24, 2.45) is 16.7 Å². The highest BCUT2D eigenvalue weighted by atomic mass is 16.6. The molecule has 354 valence electrons. The normalized spacial score (nSPS) is 31.2. The molecule has 1 aliphatic heterocycles. The summed E-state index contributed by atoms with van der Waals surface area (Å²) in [5, 5.41) is 40.7. The van der Waals surface area contributed by atoms with Crippen LogP contribution in [-0.2, 0) is 42.8 Å². The number of amides is 2. The summed E-state index contributed by atoms with van der Waals surface area (Å²) in [6, 6.07) is 14.6. The third-order valence-corrected chi connectivity index (χ3v) is 13.6. The highest BCUT2D eigenvalue weighted by molar-refractivity contribution is 5.94. The van der Waals surface area contributed by atoms with Gasteiger partial charge in [0.1, 0.15) is 41.7 Å². The predicted molar refractivity (Wildman–Crippen MR) is 231 cm³/mol. The van der Waals surface area contributed by atoms with Gasteiger partial charge in [-0.25, -0.2) is 19.2 Å². The number of alkyl carbamates (subject to hydrolysis) is 1. The first-order chi connectivity index (χ1) is 30.3. The lowest BCUT2D eigenvalue weighted by molar-refractivity contribution is -0.346. The zero-order valence-electron chi connectivity index (χ0n) is 38.6. The third-order valence-electron chi connectivity index (χ3n) is 13.6. The van der Waals surface area contributed by atoms with Gasteiger partial charge in [0.25, 0.3) is 0 Å². The van der Waals surface area contributed by atoms with Crippen LogP contribution >= 0.6 is 0 Å². The van der Waals surface area contributed by atoms with Crippen LogP contribution in [0.1, 0.15) is 104 Å². The van der Waals surface area contributed by atoms with Gasteiger partial charge in [-0.3, -0.25) is 9.59 Å². The summed E-state index contributed by atoms with van der Waals surface area (Å²) in [4.78, 5) is 85.7. The van der Waals surface area contributed by atoms with Gasteiger partial charge in [-0.1, -0.05) is 69.3 Å². The van der Waals surface area contributed by atoms with E-state index in [1.54, 1.807) is 83.1 Å². The number of hydrogen-bond donors (Lipinski definition) is 4. The van der Waals surface area contributed by atoms with Crippen molar-refractivity contribution in [2.45, 2.75) is 141 Å². The Morgan fingerprint density at radius 2 is 1.58 bits per heavy atom. The number of ketones is 1. The number of ether oxygens (including phenoxy) is 6. The monoisotopic (exact) mass is 906 g/mol. The van der Waals surface area contributed by atoms with Gasteiger partial charge < -0.3 is 54.0 Å². The summed E-state index contributed by atoms with van der Waals surface area (Å²) in [5.74, 6) is -5.40. The number of rotatable bonds is 11. The molecule has 4 aliphatic rings. The van der Waals surface area contributed by atoms with Gasteiger partial charge in [0, 0.05) is 38.8 Å². The van der Waals surface area contributed by atoms with Crippen molar-refractivity contribution in [3.63, 3.8) is 0 Å². The number of carbonyl (C=O) groups excluding carboxylic acids is 6. The number of Topliss-reactive ketones (excluding diaryl/α,β-unsaturated/α-hetero) is 1. The molecule has 3 aliphatic carbocycles. The fourth-order valence-electron chi connectivity index (χ4n) is 10.3. The van der Waals surface area contributed by atoms with Crippen molar-refractivity contribution in [3.05, 3.63) is 82.9 Å². The van der Waals surface area contributed by atoms with E-state index in [1.807, 2.05) is 6.92 Å². The van der Waals surface area contributed by atoms with Gasteiger partial charge in [0.05, 0.1) is 29.6 Å². The number of benzene rings is 2. The number of esters is 3. The maximum Gasteiger partial charge on any atom is 0.410 e. The quantitative estimate of drug-likeness (QED) is 0.135. The molecule has 4 N–H and O–H groups in total. The van der Waals surface area contributed by atoms with E-state index in [-0.39, 0.29) is 36.3 Å². The number of aliphatic hydroxyl groups is 3. The molecule has 1 saturated heterocycles. The summed E-state index contributed by atoms with van der Waals surface area (Å²) in [5.41, 5.74) is -8.42. The second kappa shape index (κ2) is 18.1. The van der Waals surface area contributed by atoms with Crippen LogP contribution in [0.5, 0.6) is 0 Å². The van der Waals surface area contributed by atoms with E-state index in [1.165, 1.54) is 37.9 Å². The molecule has 0 spiro atoms. The first-order valence-electron chi connectivity index (χ1n) is 21.9. The molecule has 17 heteroatoms. The predicted octanol–water partition coefficient (Wildman–Crippen LogP) is 4.75. The average molecular weight is 907 g/mol. The highest BCUT2D eigenvalue weighted by Gasteiger charge is 2.78. The van der Waals surface area contributed by atoms with Crippen LogP contribution in [0.2, 0.25) is 0 Å². The Morgan fingerprint density at radius 3 is 2.14 bits per heavy atom. The topological polar surface area (TPSA) is 234 Å². The Balaban J connectivity index is 1.53. The second-order valence-corrected chi connectivity index (χ2v) is 19.4. The lowest BCUT2D eigenvalue weighted by atomic mass is 9.44. The Morgan fingerprint density at radius 1 is 0.969 bits per heavy atom. The molecule has 2 aromatic carbocycles. The summed E-state index contributed by atoms with van der Waals surface area (Å²) < 4.78 is 36.0. The summed E-state index contributed by atoms with van der Waals surface area (Å²) in [6.07, 6.45) is -12.0. The van der Waals surface area contributed by atoms with Crippen LogP contribution < -0.4 is 5.32 Å². The van der Waals surface area contributed by atoms with Gasteiger partial charge in [-0.15, -0.1) is 0 Å². The number of fused-ring (bicyclic) bond motifs is 5. The van der Waals surface area contributed by atoms with Crippen LogP contribution in [-0.4, -0.2) is 130 Å². The van der Waals surface area contributed by atoms with Gasteiger partial charge >= 0.3 is 30.1 Å². The third kappa shape index (κ3) is 8.87. The Bertz CT molecular complexity index is 2190. The molecule has 2 saturated carbocycles. The van der Waals surface area contributed by atoms with Crippen molar-refractivity contribution < 1.29 is 72.5 Å². The minimum Gasteiger partial charge on any atom is -0.455 e. The first kappa shape index (κ1) is 49.1. The molecular weight excluding hydrogens is 845 g/mol. The fraction of sp³-hybridized carbons (Fsp3) is 0.583. The van der Waals surface area contributed by atoms with Crippen LogP contribution in [0, 0.1) is 16.7 Å². The maximum atomic E-state index is 15.2. The molecule has 1 heterocycles. The molecule has 0 aromatic heterocycles. The van der Waals surface area contributed by atoms with E-state index in [4.69, 9.17) is 28.4 Å². The molecule has 2 aromatic rings. The van der Waals surface area contributed by atoms with Crippen molar-refractivity contribution in [2.75, 3.05) is 20.2 Å². The molecule has 2 bridgehead atoms. The van der Waals surface area contributed by atoms with E-state index < -0.39 is 119 Å². The number of carbonyl (C=O) groups is 6. The molecule has 1 unspecified atom stereocenters. The molecule has 17 nitrogen and oxygen atoms in total. The van der Waals surface area contributed by atoms with Gasteiger partial charge in [0.15, 0.2) is 11.4 Å². The molecular formula is C48H62N2O15. The Hall–Kier alpha value is -5.36. The minimum atomic E-state index is -2.41. The molecule has 65 heavy (non-hydrogen) atoms. The van der Waals surface area contributed by atoms with Crippen LogP contribution in [0.25, 0.3) is 0 Å². The number of aliphatic hydroxyl groups excluding tert-OH is 2. The highest BCUT2D eigenvalue weighted by Crippen LogP contribution is 2.64. The van der Waals surface area contributed by atoms with Gasteiger partial charge in [-0.2, -0.15) is 0 Å². The molecule has 0 radical (unpaired) electrons. The van der Waals surface area contributed by atoms with Crippen molar-refractivity contribution in [1.82, 2.24) is 10.2 Å². The minimum absolute atomic E-state index is 0.0659. The van der Waals surface area contributed by atoms with E-state index in [2.05, 4.69) is 5.32 Å². The molecule has 3 fully saturated rings. The number of nitrogens with zero attached hydrogens (tertiary/aromatic N) is 1. The van der Waals surface area contributed by atoms with Crippen molar-refractivity contribution in [1.29, 1.82) is 0 Å². The SMILES string of the molecule is CCCN(C)C(=O)O[C@@H](C(=O)O[C@H]1C[C@@]2(O)[C@@H](OC(=O)c3ccccc3)[C@H]3C(C)(C(=O)[C@H](O)C(=C1C)C2(C)C)[C@@H](O)C[C@H]1OC[C@]13OC(C)=O)[C@@H](NC(=O)OC(C)(C)C)c1ccccc1. The van der Waals surface area contributed by atoms with E-state index in [0.717, 1.165) is 6.92 Å². The number of hydrogen-bond acceptors (Lipinski definition) is 15. The largest absolute Gasteiger partial charge is 0.455 e. The maximum absolute atomic E-state index is 15.2. The smallest absolute Gasteiger partial charge is 0.410 e. The van der Waals surface area contributed by atoms with Crippen molar-refractivity contribution in [3.8, 4) is 0 Å². The Labute approximate surface area is 378 Å². The number of nitrogens with one attached hydrogen (secondary N) is 1. The first-order valence-corrected chi connectivity index (χ1v) is 21.9. The average Bonchev–Trinajstić information content (AvgIpc) is 3.23. The van der Waals surface area contributed by atoms with Gasteiger partial charge in [0.2, 0.25) is 6.10 Å².